The second kappa shape index (κ2) is 2.82. The van der Waals surface area contributed by atoms with Crippen LogP contribution in [0.5, 0.6) is 0 Å². The maximum Gasteiger partial charge on any atom is 0.130 e. The summed E-state index contributed by atoms with van der Waals surface area (Å²) in [5.41, 5.74) is 1.97. The van der Waals surface area contributed by atoms with Crippen LogP contribution in [0.4, 0.5) is 5.69 Å². The van der Waals surface area contributed by atoms with E-state index in [0.29, 0.717) is 0 Å². The molecular formula is C8H11NO. The highest BCUT2D eigenvalue weighted by Gasteiger charge is 1.92. The van der Waals surface area contributed by atoms with Crippen LogP contribution in [0.25, 0.3) is 0 Å². The van der Waals surface area contributed by atoms with Gasteiger partial charge in [-0.25, -0.2) is 0 Å². The lowest BCUT2D eigenvalue weighted by atomic mass is 10.2. The summed E-state index contributed by atoms with van der Waals surface area (Å²) in [6.07, 6.45) is 0. The zero-order valence-corrected chi connectivity index (χ0v) is 6.22. The number of benzene rings is 1. The monoisotopic (exact) mass is 137 g/mol. The first-order valence-electron chi connectivity index (χ1n) is 3.28. The van der Waals surface area contributed by atoms with Crippen molar-refractivity contribution in [2.75, 3.05) is 7.05 Å². The van der Waals surface area contributed by atoms with Gasteiger partial charge in [-0.15, -0.1) is 0 Å². The van der Waals surface area contributed by atoms with Crippen LogP contribution in [0.1, 0.15) is 5.56 Å². The Hall–Kier alpha value is -0.860. The van der Waals surface area contributed by atoms with E-state index in [1.54, 1.807) is 7.05 Å². The minimum atomic E-state index is 0.125. The highest BCUT2D eigenvalue weighted by Crippen LogP contribution is 2.02. The molecule has 0 bridgehead atoms. The molecule has 1 aromatic carbocycles. The molecule has 2 heteroatoms. The third-order valence-corrected chi connectivity index (χ3v) is 1.46. The largest absolute Gasteiger partial charge is 0.629 e. The normalized spacial score (nSPS) is 13.1. The molecule has 0 aliphatic heterocycles. The molecule has 1 aromatic rings. The summed E-state index contributed by atoms with van der Waals surface area (Å²) < 4.78 is 0. The highest BCUT2D eigenvalue weighted by atomic mass is 16.5. The van der Waals surface area contributed by atoms with Gasteiger partial charge in [-0.05, 0) is 19.1 Å². The molecule has 10 heavy (non-hydrogen) atoms. The smallest absolute Gasteiger partial charge is 0.130 e. The van der Waals surface area contributed by atoms with Crippen LogP contribution < -0.4 is 5.06 Å². The van der Waals surface area contributed by atoms with E-state index in [4.69, 9.17) is 0 Å². The number of quaternary nitrogens is 1. The quantitative estimate of drug-likeness (QED) is 0.565. The lowest BCUT2D eigenvalue weighted by Gasteiger charge is -2.14. The van der Waals surface area contributed by atoms with Crippen LogP contribution in [-0.2, 0) is 0 Å². The van der Waals surface area contributed by atoms with Crippen LogP contribution in [0.2, 0.25) is 0 Å². The summed E-state index contributed by atoms with van der Waals surface area (Å²) in [5, 5.41) is 10.9. The van der Waals surface area contributed by atoms with Gasteiger partial charge in [-0.1, -0.05) is 17.7 Å². The van der Waals surface area contributed by atoms with Gasteiger partial charge in [0, 0.05) is 0 Å². The van der Waals surface area contributed by atoms with Crippen molar-refractivity contribution in [1.29, 1.82) is 0 Å². The van der Waals surface area contributed by atoms with Crippen LogP contribution in [0.3, 0.4) is 0 Å². The van der Waals surface area contributed by atoms with E-state index < -0.39 is 0 Å². The third-order valence-electron chi connectivity index (χ3n) is 1.46. The molecule has 0 heterocycles. The highest BCUT2D eigenvalue weighted by molar-refractivity contribution is 5.31. The lowest BCUT2D eigenvalue weighted by molar-refractivity contribution is -0.751. The molecular weight excluding hydrogens is 126 g/mol. The Morgan fingerprint density at radius 1 is 1.20 bits per heavy atom. The van der Waals surface area contributed by atoms with Gasteiger partial charge in [0.25, 0.3) is 0 Å². The summed E-state index contributed by atoms with van der Waals surface area (Å²) in [6, 6.07) is 7.57. The summed E-state index contributed by atoms with van der Waals surface area (Å²) in [5.74, 6) is 0. The van der Waals surface area contributed by atoms with Crippen LogP contribution >= 0.6 is 0 Å². The molecule has 1 atom stereocenters. The molecule has 0 amide bonds. The van der Waals surface area contributed by atoms with E-state index in [-0.39, 0.29) is 5.06 Å². The second-order valence-electron chi connectivity index (χ2n) is 2.42. The van der Waals surface area contributed by atoms with Crippen molar-refractivity contribution in [3.05, 3.63) is 35.0 Å². The van der Waals surface area contributed by atoms with Gasteiger partial charge in [0.2, 0.25) is 0 Å². The molecule has 54 valence electrons. The van der Waals surface area contributed by atoms with E-state index in [2.05, 4.69) is 0 Å². The van der Waals surface area contributed by atoms with Gasteiger partial charge in [0.15, 0.2) is 0 Å². The average molecular weight is 137 g/mol. The zero-order valence-electron chi connectivity index (χ0n) is 6.22. The topological polar surface area (TPSA) is 27.5 Å². The molecule has 1 unspecified atom stereocenters. The van der Waals surface area contributed by atoms with Gasteiger partial charge in [0.05, 0.1) is 7.05 Å². The van der Waals surface area contributed by atoms with Gasteiger partial charge in [-0.3, -0.25) is 0 Å². The van der Waals surface area contributed by atoms with Gasteiger partial charge in [0.1, 0.15) is 5.69 Å². The van der Waals surface area contributed by atoms with Gasteiger partial charge < -0.3 is 10.3 Å². The Kier molecular flexibility index (Phi) is 2.04. The number of aryl methyl sites for hydroxylation is 1. The fourth-order valence-corrected chi connectivity index (χ4v) is 0.788. The van der Waals surface area contributed by atoms with Crippen molar-refractivity contribution in [3.63, 3.8) is 0 Å². The van der Waals surface area contributed by atoms with Crippen molar-refractivity contribution in [2.24, 2.45) is 0 Å². The molecule has 1 N–H and O–H groups in total. The van der Waals surface area contributed by atoms with Gasteiger partial charge in [-0.2, -0.15) is 0 Å². The Morgan fingerprint density at radius 2 is 1.70 bits per heavy atom. The summed E-state index contributed by atoms with van der Waals surface area (Å²) in [6.45, 7) is 2.00. The Balaban J connectivity index is 2.89. The molecule has 0 aliphatic carbocycles. The third kappa shape index (κ3) is 1.56. The van der Waals surface area contributed by atoms with E-state index in [9.17, 15) is 5.21 Å². The molecule has 0 spiro atoms. The van der Waals surface area contributed by atoms with Crippen molar-refractivity contribution >= 4 is 5.69 Å². The van der Waals surface area contributed by atoms with Crippen LogP contribution in [0.15, 0.2) is 24.3 Å². The fraction of sp³-hybridized carbons (Fsp3) is 0.250. The number of hydroxylamine groups is 1. The Morgan fingerprint density at radius 3 is 2.10 bits per heavy atom. The minimum Gasteiger partial charge on any atom is -0.629 e. The molecule has 0 saturated carbocycles. The van der Waals surface area contributed by atoms with E-state index in [1.165, 1.54) is 5.56 Å². The summed E-state index contributed by atoms with van der Waals surface area (Å²) in [7, 11) is 1.57. The Labute approximate surface area is 60.7 Å². The van der Waals surface area contributed by atoms with E-state index in [0.717, 1.165) is 5.69 Å². The first-order valence-corrected chi connectivity index (χ1v) is 3.28. The molecule has 0 fully saturated rings. The summed E-state index contributed by atoms with van der Waals surface area (Å²) in [4.78, 5) is 0. The van der Waals surface area contributed by atoms with Crippen LogP contribution in [0, 0.1) is 12.1 Å². The zero-order chi connectivity index (χ0) is 7.56. The Bertz CT molecular complexity index is 203. The first-order chi connectivity index (χ1) is 4.70. The first kappa shape index (κ1) is 7.25. The number of hydrogen-bond acceptors (Lipinski definition) is 1. The van der Waals surface area contributed by atoms with Crippen molar-refractivity contribution in [3.8, 4) is 0 Å². The minimum absolute atomic E-state index is 0.125. The molecule has 1 rings (SSSR count). The predicted molar refractivity (Wildman–Crippen MR) is 41.1 cm³/mol. The lowest BCUT2D eigenvalue weighted by Crippen LogP contribution is -2.98. The van der Waals surface area contributed by atoms with Crippen LogP contribution in [-0.4, -0.2) is 7.05 Å². The molecule has 0 aliphatic rings. The molecule has 0 aromatic heterocycles. The maximum atomic E-state index is 10.8. The second-order valence-corrected chi connectivity index (χ2v) is 2.42. The number of hydrogen-bond donors (Lipinski definition) is 1. The van der Waals surface area contributed by atoms with Crippen molar-refractivity contribution in [1.82, 2.24) is 0 Å². The summed E-state index contributed by atoms with van der Waals surface area (Å²) >= 11 is 0. The van der Waals surface area contributed by atoms with Crippen molar-refractivity contribution in [2.45, 2.75) is 6.92 Å². The maximum absolute atomic E-state index is 10.8. The van der Waals surface area contributed by atoms with E-state index >= 15 is 0 Å². The molecule has 0 radical (unpaired) electrons. The van der Waals surface area contributed by atoms with Gasteiger partial charge >= 0.3 is 0 Å². The number of rotatable bonds is 1. The SMILES string of the molecule is Cc1ccc([NH+](C)[O-])cc1. The predicted octanol–water partition coefficient (Wildman–Crippen LogP) is 0.639. The van der Waals surface area contributed by atoms with Crippen molar-refractivity contribution < 1.29 is 5.06 Å². The van der Waals surface area contributed by atoms with E-state index in [1.807, 2.05) is 31.2 Å². The average Bonchev–Trinajstić information content (AvgIpc) is 1.88. The molecule has 0 saturated heterocycles. The number of nitrogens with one attached hydrogen (secondary N) is 1. The molecule has 2 nitrogen and oxygen atoms in total. The standard InChI is InChI=1S/C8H11NO/c1-7-3-5-8(6-4-7)9(2)10/h3-6,9H,1-2H3. The fourth-order valence-electron chi connectivity index (χ4n) is 0.788.